The van der Waals surface area contributed by atoms with Crippen LogP contribution in [-0.4, -0.2) is 20.2 Å². The molecule has 0 aliphatic heterocycles. The summed E-state index contributed by atoms with van der Waals surface area (Å²) in [7, 11) is 0. The molecule has 0 spiro atoms. The average molecular weight is 294 g/mol. The summed E-state index contributed by atoms with van der Waals surface area (Å²) in [5.41, 5.74) is 5.12. The standard InChI is InChI=1S/C18H22N4/c1-18(2)5-3-12(4-6-18)13-7-15-16(14-9-21-22-10-14)11-20-17(15)19-8-13/h7-12H,3-6H2,1-2H3,(H,19,20)(H,21,22). The van der Waals surface area contributed by atoms with Gasteiger partial charge in [-0.25, -0.2) is 4.98 Å². The Labute approximate surface area is 130 Å². The zero-order chi connectivity index (χ0) is 15.2. The topological polar surface area (TPSA) is 57.4 Å². The molecule has 1 saturated carbocycles. The molecule has 0 aromatic carbocycles. The smallest absolute Gasteiger partial charge is 0.137 e. The third-order valence-electron chi connectivity index (χ3n) is 5.17. The summed E-state index contributed by atoms with van der Waals surface area (Å²) in [5, 5.41) is 8.14. The van der Waals surface area contributed by atoms with Gasteiger partial charge in [0.05, 0.1) is 6.20 Å². The molecule has 0 amide bonds. The second-order valence-corrected chi connectivity index (χ2v) is 7.29. The van der Waals surface area contributed by atoms with E-state index in [0.29, 0.717) is 11.3 Å². The fourth-order valence-electron chi connectivity index (χ4n) is 3.61. The Morgan fingerprint density at radius 3 is 2.68 bits per heavy atom. The molecule has 1 aliphatic carbocycles. The van der Waals surface area contributed by atoms with E-state index in [1.165, 1.54) is 42.2 Å². The van der Waals surface area contributed by atoms with Crippen LogP contribution >= 0.6 is 0 Å². The van der Waals surface area contributed by atoms with E-state index in [2.05, 4.69) is 46.3 Å². The minimum absolute atomic E-state index is 0.504. The van der Waals surface area contributed by atoms with E-state index in [9.17, 15) is 0 Å². The molecule has 2 N–H and O–H groups in total. The second kappa shape index (κ2) is 4.97. The van der Waals surface area contributed by atoms with Crippen LogP contribution in [0.5, 0.6) is 0 Å². The molecule has 3 aromatic rings. The largest absolute Gasteiger partial charge is 0.346 e. The molecule has 3 aromatic heterocycles. The third-order valence-corrected chi connectivity index (χ3v) is 5.17. The van der Waals surface area contributed by atoms with Gasteiger partial charge >= 0.3 is 0 Å². The van der Waals surface area contributed by atoms with E-state index in [1.54, 1.807) is 0 Å². The fourth-order valence-corrected chi connectivity index (χ4v) is 3.61. The van der Waals surface area contributed by atoms with Crippen LogP contribution in [-0.2, 0) is 0 Å². The van der Waals surface area contributed by atoms with Crippen molar-refractivity contribution in [3.63, 3.8) is 0 Å². The van der Waals surface area contributed by atoms with Crippen molar-refractivity contribution in [2.24, 2.45) is 5.41 Å². The molecule has 1 aliphatic rings. The van der Waals surface area contributed by atoms with Gasteiger partial charge in [-0.3, -0.25) is 5.10 Å². The first-order valence-electron chi connectivity index (χ1n) is 8.09. The van der Waals surface area contributed by atoms with Gasteiger partial charge in [0, 0.05) is 35.1 Å². The van der Waals surface area contributed by atoms with Crippen molar-refractivity contribution in [2.45, 2.75) is 45.4 Å². The monoisotopic (exact) mass is 294 g/mol. The summed E-state index contributed by atoms with van der Waals surface area (Å²) in [5.74, 6) is 0.650. The van der Waals surface area contributed by atoms with E-state index in [0.717, 1.165) is 11.2 Å². The van der Waals surface area contributed by atoms with Crippen LogP contribution in [0, 0.1) is 5.41 Å². The first-order valence-corrected chi connectivity index (χ1v) is 8.09. The van der Waals surface area contributed by atoms with Crippen LogP contribution in [0.3, 0.4) is 0 Å². The molecule has 114 valence electrons. The number of pyridine rings is 1. The number of nitrogens with one attached hydrogen (secondary N) is 2. The zero-order valence-electron chi connectivity index (χ0n) is 13.2. The maximum absolute atomic E-state index is 4.64. The Hall–Kier alpha value is -2.10. The van der Waals surface area contributed by atoms with Crippen LogP contribution in [0.4, 0.5) is 0 Å². The predicted molar refractivity (Wildman–Crippen MR) is 88.7 cm³/mol. The van der Waals surface area contributed by atoms with E-state index in [-0.39, 0.29) is 0 Å². The van der Waals surface area contributed by atoms with Gasteiger partial charge in [-0.2, -0.15) is 5.10 Å². The number of nitrogens with zero attached hydrogens (tertiary/aromatic N) is 2. The number of hydrogen-bond donors (Lipinski definition) is 2. The summed E-state index contributed by atoms with van der Waals surface area (Å²) in [6, 6.07) is 2.32. The molecule has 4 nitrogen and oxygen atoms in total. The number of aromatic amines is 2. The third kappa shape index (κ3) is 2.32. The Kier molecular flexibility index (Phi) is 3.06. The molecule has 4 heteroatoms. The van der Waals surface area contributed by atoms with E-state index >= 15 is 0 Å². The number of H-pyrrole nitrogens is 2. The van der Waals surface area contributed by atoms with Crippen molar-refractivity contribution >= 4 is 11.0 Å². The Balaban J connectivity index is 1.70. The minimum atomic E-state index is 0.504. The van der Waals surface area contributed by atoms with Gasteiger partial charge in [0.2, 0.25) is 0 Å². The van der Waals surface area contributed by atoms with Crippen molar-refractivity contribution in [1.82, 2.24) is 20.2 Å². The summed E-state index contributed by atoms with van der Waals surface area (Å²) in [6.45, 7) is 4.77. The maximum Gasteiger partial charge on any atom is 0.137 e. The SMILES string of the molecule is CC1(C)CCC(c2cnc3[nH]cc(-c4cn[nH]c4)c3c2)CC1. The maximum atomic E-state index is 4.64. The van der Waals surface area contributed by atoms with Gasteiger partial charge in [-0.15, -0.1) is 0 Å². The van der Waals surface area contributed by atoms with Crippen molar-refractivity contribution in [3.05, 3.63) is 36.4 Å². The zero-order valence-corrected chi connectivity index (χ0v) is 13.2. The van der Waals surface area contributed by atoms with E-state index < -0.39 is 0 Å². The molecule has 3 heterocycles. The molecular weight excluding hydrogens is 272 g/mol. The number of rotatable bonds is 2. The van der Waals surface area contributed by atoms with Crippen LogP contribution in [0.2, 0.25) is 0 Å². The van der Waals surface area contributed by atoms with Crippen molar-refractivity contribution in [1.29, 1.82) is 0 Å². The highest BCUT2D eigenvalue weighted by molar-refractivity contribution is 5.93. The van der Waals surface area contributed by atoms with Gasteiger partial charge < -0.3 is 4.98 Å². The van der Waals surface area contributed by atoms with Gasteiger partial charge in [0.1, 0.15) is 5.65 Å². The molecule has 0 radical (unpaired) electrons. The Morgan fingerprint density at radius 1 is 1.14 bits per heavy atom. The molecule has 0 atom stereocenters. The molecule has 0 bridgehead atoms. The van der Waals surface area contributed by atoms with Gasteiger partial charge in [-0.1, -0.05) is 13.8 Å². The lowest BCUT2D eigenvalue weighted by Gasteiger charge is -2.34. The minimum Gasteiger partial charge on any atom is -0.346 e. The van der Waals surface area contributed by atoms with Gasteiger partial charge in [-0.05, 0) is 48.6 Å². The lowest BCUT2D eigenvalue weighted by atomic mass is 9.71. The van der Waals surface area contributed by atoms with Crippen molar-refractivity contribution in [2.75, 3.05) is 0 Å². The highest BCUT2D eigenvalue weighted by atomic mass is 15.1. The van der Waals surface area contributed by atoms with E-state index in [1.807, 2.05) is 18.6 Å². The summed E-state index contributed by atoms with van der Waals surface area (Å²) >= 11 is 0. The molecule has 4 rings (SSSR count). The first-order chi connectivity index (χ1) is 10.6. The Morgan fingerprint density at radius 2 is 1.95 bits per heavy atom. The predicted octanol–water partition coefficient (Wildman–Crippen LogP) is 4.64. The summed E-state index contributed by atoms with van der Waals surface area (Å²) in [4.78, 5) is 7.90. The summed E-state index contributed by atoms with van der Waals surface area (Å²) < 4.78 is 0. The Bertz CT molecular complexity index is 773. The average Bonchev–Trinajstić information content (AvgIpc) is 3.15. The summed E-state index contributed by atoms with van der Waals surface area (Å²) in [6.07, 6.45) is 13.0. The van der Waals surface area contributed by atoms with Crippen LogP contribution in [0.15, 0.2) is 30.9 Å². The molecule has 0 unspecified atom stereocenters. The number of aromatic nitrogens is 4. The highest BCUT2D eigenvalue weighted by Gasteiger charge is 2.28. The van der Waals surface area contributed by atoms with Gasteiger partial charge in [0.25, 0.3) is 0 Å². The highest BCUT2D eigenvalue weighted by Crippen LogP contribution is 2.43. The second-order valence-electron chi connectivity index (χ2n) is 7.29. The first kappa shape index (κ1) is 13.6. The van der Waals surface area contributed by atoms with Crippen molar-refractivity contribution < 1.29 is 0 Å². The quantitative estimate of drug-likeness (QED) is 0.723. The molecular formula is C18H22N4. The number of fused-ring (bicyclic) bond motifs is 1. The van der Waals surface area contributed by atoms with Gasteiger partial charge in [0.15, 0.2) is 0 Å². The van der Waals surface area contributed by atoms with Crippen molar-refractivity contribution in [3.8, 4) is 11.1 Å². The fraction of sp³-hybridized carbons (Fsp3) is 0.444. The normalized spacial score (nSPS) is 18.8. The van der Waals surface area contributed by atoms with Crippen LogP contribution in [0.1, 0.15) is 51.0 Å². The molecule has 0 saturated heterocycles. The lowest BCUT2D eigenvalue weighted by Crippen LogP contribution is -2.20. The van der Waals surface area contributed by atoms with Crippen LogP contribution < -0.4 is 0 Å². The van der Waals surface area contributed by atoms with E-state index in [4.69, 9.17) is 0 Å². The molecule has 22 heavy (non-hydrogen) atoms. The lowest BCUT2D eigenvalue weighted by molar-refractivity contribution is 0.224. The number of hydrogen-bond acceptors (Lipinski definition) is 2. The molecule has 1 fully saturated rings. The van der Waals surface area contributed by atoms with Crippen LogP contribution in [0.25, 0.3) is 22.2 Å².